The van der Waals surface area contributed by atoms with Gasteiger partial charge in [-0.15, -0.1) is 0 Å². The Morgan fingerprint density at radius 3 is 1.04 bits per heavy atom. The Kier molecular flexibility index (Phi) is 8.24. The van der Waals surface area contributed by atoms with E-state index in [2.05, 4.69) is 79.9 Å². The molecule has 0 aromatic rings. The first-order valence-corrected chi connectivity index (χ1v) is 11.1. The predicted molar refractivity (Wildman–Crippen MR) is 118 cm³/mol. The molecule has 2 heteroatoms. The molecule has 0 heterocycles. The van der Waals surface area contributed by atoms with Crippen LogP contribution in [0.15, 0.2) is 0 Å². The Labute approximate surface area is 165 Å². The molecule has 0 amide bonds. The molecule has 1 aliphatic carbocycles. The van der Waals surface area contributed by atoms with Gasteiger partial charge in [-0.1, -0.05) is 41.5 Å². The highest BCUT2D eigenvalue weighted by atomic mass is 15.0. The van der Waals surface area contributed by atoms with Gasteiger partial charge in [0.25, 0.3) is 0 Å². The molecule has 2 N–H and O–H groups in total. The van der Waals surface area contributed by atoms with Crippen molar-refractivity contribution in [3.63, 3.8) is 0 Å². The van der Waals surface area contributed by atoms with Crippen LogP contribution in [-0.2, 0) is 0 Å². The summed E-state index contributed by atoms with van der Waals surface area (Å²) in [7, 11) is 0. The number of hydrogen-bond donors (Lipinski definition) is 2. The van der Waals surface area contributed by atoms with E-state index in [0.29, 0.717) is 10.8 Å². The van der Waals surface area contributed by atoms with Gasteiger partial charge in [0.1, 0.15) is 0 Å². The topological polar surface area (TPSA) is 24.1 Å². The molecule has 0 spiro atoms. The van der Waals surface area contributed by atoms with E-state index in [9.17, 15) is 0 Å². The molecule has 1 saturated carbocycles. The highest BCUT2D eigenvalue weighted by Crippen LogP contribution is 2.32. The van der Waals surface area contributed by atoms with Crippen LogP contribution in [0.25, 0.3) is 0 Å². The van der Waals surface area contributed by atoms with Crippen LogP contribution in [0, 0.1) is 22.7 Å². The van der Waals surface area contributed by atoms with Gasteiger partial charge in [0, 0.05) is 11.1 Å². The van der Waals surface area contributed by atoms with Crippen molar-refractivity contribution >= 4 is 0 Å². The molecule has 1 aliphatic rings. The van der Waals surface area contributed by atoms with Crippen LogP contribution in [0.5, 0.6) is 0 Å². The molecular weight excluding hydrogens is 316 g/mol. The molecule has 26 heavy (non-hydrogen) atoms. The summed E-state index contributed by atoms with van der Waals surface area (Å²) in [5, 5.41) is 7.73. The first-order valence-electron chi connectivity index (χ1n) is 11.1. The van der Waals surface area contributed by atoms with E-state index in [1.807, 2.05) is 0 Å². The highest BCUT2D eigenvalue weighted by molar-refractivity contribution is 4.87. The van der Waals surface area contributed by atoms with Gasteiger partial charge in [0.2, 0.25) is 0 Å². The quantitative estimate of drug-likeness (QED) is 0.519. The van der Waals surface area contributed by atoms with Crippen molar-refractivity contribution in [1.82, 2.24) is 10.6 Å². The first kappa shape index (κ1) is 24.0. The fourth-order valence-electron chi connectivity index (χ4n) is 5.26. The van der Waals surface area contributed by atoms with Crippen LogP contribution in [0.3, 0.4) is 0 Å². The van der Waals surface area contributed by atoms with Crippen LogP contribution in [0.1, 0.15) is 108 Å². The van der Waals surface area contributed by atoms with E-state index in [0.717, 1.165) is 11.8 Å². The zero-order valence-electron chi connectivity index (χ0n) is 19.8. The molecule has 2 nitrogen and oxygen atoms in total. The minimum Gasteiger partial charge on any atom is -0.311 e. The Morgan fingerprint density at radius 2 is 0.808 bits per heavy atom. The lowest BCUT2D eigenvalue weighted by molar-refractivity contribution is 0.191. The molecule has 0 aliphatic heterocycles. The van der Waals surface area contributed by atoms with Gasteiger partial charge < -0.3 is 10.6 Å². The zero-order valence-corrected chi connectivity index (χ0v) is 19.8. The zero-order chi connectivity index (χ0) is 20.2. The summed E-state index contributed by atoms with van der Waals surface area (Å²) in [5.41, 5.74) is 1.26. The predicted octanol–water partition coefficient (Wildman–Crippen LogP) is 6.40. The molecule has 0 saturated heterocycles. The Bertz CT molecular complexity index is 361. The van der Waals surface area contributed by atoms with Gasteiger partial charge in [-0.25, -0.2) is 0 Å². The third kappa shape index (κ3) is 10.9. The average Bonchev–Trinajstić information content (AvgIpc) is 2.39. The van der Waals surface area contributed by atoms with Crippen molar-refractivity contribution in [2.75, 3.05) is 13.1 Å². The number of nitrogens with one attached hydrogen (secondary N) is 2. The highest BCUT2D eigenvalue weighted by Gasteiger charge is 2.29. The summed E-state index contributed by atoms with van der Waals surface area (Å²) in [4.78, 5) is 0. The van der Waals surface area contributed by atoms with Crippen LogP contribution in [0.4, 0.5) is 0 Å². The normalized spacial score (nSPS) is 23.3. The third-order valence-electron chi connectivity index (χ3n) is 5.65. The maximum absolute atomic E-state index is 3.87. The lowest BCUT2D eigenvalue weighted by Crippen LogP contribution is -2.46. The minimum absolute atomic E-state index is 0.244. The summed E-state index contributed by atoms with van der Waals surface area (Å²) < 4.78 is 0. The standard InChI is InChI=1S/C24H50N2/c1-21(2,3)17-23(7,8)25-15-19-11-13-20(14-12-19)16-26-24(9,10)18-22(4,5)6/h19-20,25-26H,11-18H2,1-10H3. The molecule has 1 rings (SSSR count). The van der Waals surface area contributed by atoms with Gasteiger partial charge >= 0.3 is 0 Å². The maximum atomic E-state index is 3.87. The van der Waals surface area contributed by atoms with Gasteiger partial charge in [-0.05, 0) is 102 Å². The Morgan fingerprint density at radius 1 is 0.538 bits per heavy atom. The molecule has 0 radical (unpaired) electrons. The second-order valence-corrected chi connectivity index (χ2v) is 12.9. The van der Waals surface area contributed by atoms with E-state index in [1.54, 1.807) is 0 Å². The molecule has 0 unspecified atom stereocenters. The molecular formula is C24H50N2. The van der Waals surface area contributed by atoms with E-state index in [-0.39, 0.29) is 11.1 Å². The van der Waals surface area contributed by atoms with Crippen molar-refractivity contribution in [3.8, 4) is 0 Å². The van der Waals surface area contributed by atoms with Crippen molar-refractivity contribution in [2.24, 2.45) is 22.7 Å². The van der Waals surface area contributed by atoms with Crippen LogP contribution >= 0.6 is 0 Å². The average molecular weight is 367 g/mol. The first-order chi connectivity index (χ1) is 11.6. The maximum Gasteiger partial charge on any atom is 0.0130 e. The van der Waals surface area contributed by atoms with Gasteiger partial charge in [0.15, 0.2) is 0 Å². The number of hydrogen-bond acceptors (Lipinski definition) is 2. The number of rotatable bonds is 8. The second-order valence-electron chi connectivity index (χ2n) is 12.9. The van der Waals surface area contributed by atoms with Gasteiger partial charge in [-0.2, -0.15) is 0 Å². The summed E-state index contributed by atoms with van der Waals surface area (Å²) in [6.07, 6.45) is 8.02. The monoisotopic (exact) mass is 366 g/mol. The van der Waals surface area contributed by atoms with Crippen molar-refractivity contribution in [3.05, 3.63) is 0 Å². The lowest BCUT2D eigenvalue weighted by Gasteiger charge is -2.38. The summed E-state index contributed by atoms with van der Waals surface area (Å²) in [6.45, 7) is 25.9. The fraction of sp³-hybridized carbons (Fsp3) is 1.00. The largest absolute Gasteiger partial charge is 0.311 e. The fourth-order valence-corrected chi connectivity index (χ4v) is 5.26. The molecule has 156 valence electrons. The molecule has 0 bridgehead atoms. The minimum atomic E-state index is 0.244. The summed E-state index contributed by atoms with van der Waals surface area (Å²) >= 11 is 0. The van der Waals surface area contributed by atoms with Gasteiger partial charge in [0.05, 0.1) is 0 Å². The molecule has 1 fully saturated rings. The second kappa shape index (κ2) is 8.95. The SMILES string of the molecule is CC(C)(C)CC(C)(C)NCC1CCC(CNC(C)(C)CC(C)(C)C)CC1. The molecule has 0 aromatic heterocycles. The van der Waals surface area contributed by atoms with Gasteiger partial charge in [-0.3, -0.25) is 0 Å². The lowest BCUT2D eigenvalue weighted by atomic mass is 9.78. The van der Waals surface area contributed by atoms with Crippen LogP contribution in [0.2, 0.25) is 0 Å². The molecule has 0 aromatic carbocycles. The smallest absolute Gasteiger partial charge is 0.0130 e. The van der Waals surface area contributed by atoms with Crippen molar-refractivity contribution in [1.29, 1.82) is 0 Å². The third-order valence-corrected chi connectivity index (χ3v) is 5.65. The Hall–Kier alpha value is -0.0800. The Balaban J connectivity index is 2.30. The summed E-state index contributed by atoms with van der Waals surface area (Å²) in [6, 6.07) is 0. The van der Waals surface area contributed by atoms with E-state index in [1.165, 1.54) is 51.6 Å². The van der Waals surface area contributed by atoms with Crippen LogP contribution < -0.4 is 10.6 Å². The van der Waals surface area contributed by atoms with E-state index < -0.39 is 0 Å². The van der Waals surface area contributed by atoms with E-state index >= 15 is 0 Å². The van der Waals surface area contributed by atoms with Crippen molar-refractivity contribution < 1.29 is 0 Å². The van der Waals surface area contributed by atoms with Crippen LogP contribution in [-0.4, -0.2) is 24.2 Å². The van der Waals surface area contributed by atoms with E-state index in [4.69, 9.17) is 0 Å². The molecule has 0 atom stereocenters. The summed E-state index contributed by atoms with van der Waals surface area (Å²) in [5.74, 6) is 1.74. The van der Waals surface area contributed by atoms with Crippen molar-refractivity contribution in [2.45, 2.75) is 119 Å².